The fraction of sp³-hybridized carbons (Fsp3) is 0.353. The monoisotopic (exact) mass is 359 g/mol. The molecule has 3 atom stereocenters. The molecule has 1 unspecified atom stereocenters. The van der Waals surface area contributed by atoms with Crippen LogP contribution in [0.3, 0.4) is 0 Å². The van der Waals surface area contributed by atoms with Gasteiger partial charge in [-0.3, -0.25) is 0 Å². The molecule has 1 aliphatic carbocycles. The second kappa shape index (κ2) is 6.85. The molecule has 0 bridgehead atoms. The van der Waals surface area contributed by atoms with E-state index in [1.807, 2.05) is 22.9 Å². The van der Waals surface area contributed by atoms with Gasteiger partial charge in [-0.1, -0.05) is 22.8 Å². The minimum atomic E-state index is -0.449. The predicted octanol–water partition coefficient (Wildman–Crippen LogP) is 2.84. The summed E-state index contributed by atoms with van der Waals surface area (Å²) < 4.78 is 7.69. The van der Waals surface area contributed by atoms with Crippen molar-refractivity contribution in [2.75, 3.05) is 5.32 Å². The van der Waals surface area contributed by atoms with Crippen molar-refractivity contribution in [3.05, 3.63) is 48.0 Å². The Labute approximate surface area is 149 Å². The average molecular weight is 360 g/mol. The largest absolute Gasteiger partial charge is 0.403 e. The van der Waals surface area contributed by atoms with Gasteiger partial charge >= 0.3 is 6.01 Å². The van der Waals surface area contributed by atoms with E-state index in [4.69, 9.17) is 16.0 Å². The van der Waals surface area contributed by atoms with Crippen LogP contribution in [0.15, 0.2) is 47.4 Å². The molecule has 2 aromatic heterocycles. The molecule has 130 valence electrons. The number of imidazole rings is 1. The van der Waals surface area contributed by atoms with Crippen molar-refractivity contribution >= 4 is 17.6 Å². The lowest BCUT2D eigenvalue weighted by Gasteiger charge is -2.14. The first-order valence-corrected chi connectivity index (χ1v) is 8.55. The molecule has 1 saturated carbocycles. The van der Waals surface area contributed by atoms with Crippen molar-refractivity contribution in [2.45, 2.75) is 31.5 Å². The Hall–Kier alpha value is -2.38. The molecule has 1 fully saturated rings. The predicted molar refractivity (Wildman–Crippen MR) is 93.1 cm³/mol. The van der Waals surface area contributed by atoms with Crippen molar-refractivity contribution in [3.63, 3.8) is 0 Å². The zero-order valence-electron chi connectivity index (χ0n) is 13.4. The second-order valence-electron chi connectivity index (χ2n) is 6.34. The molecular formula is C17H18ClN5O2. The van der Waals surface area contributed by atoms with Gasteiger partial charge < -0.3 is 19.4 Å². The van der Waals surface area contributed by atoms with E-state index in [1.54, 1.807) is 24.7 Å². The first kappa shape index (κ1) is 16.1. The maximum Gasteiger partial charge on any atom is 0.316 e. The average Bonchev–Trinajstić information content (AvgIpc) is 3.31. The van der Waals surface area contributed by atoms with E-state index in [0.29, 0.717) is 22.8 Å². The Bertz CT molecular complexity index is 835. The van der Waals surface area contributed by atoms with E-state index in [-0.39, 0.29) is 6.04 Å². The summed E-state index contributed by atoms with van der Waals surface area (Å²) in [6.45, 7) is 0.840. The minimum Gasteiger partial charge on any atom is -0.403 e. The summed E-state index contributed by atoms with van der Waals surface area (Å²) in [6.07, 6.45) is 6.59. The van der Waals surface area contributed by atoms with E-state index >= 15 is 0 Å². The molecule has 25 heavy (non-hydrogen) atoms. The Morgan fingerprint density at radius 2 is 2.24 bits per heavy atom. The number of benzene rings is 1. The Balaban J connectivity index is 1.40. The molecule has 8 heteroatoms. The van der Waals surface area contributed by atoms with Crippen molar-refractivity contribution in [2.24, 2.45) is 5.92 Å². The molecule has 2 heterocycles. The minimum absolute atomic E-state index is 0.110. The third-order valence-electron chi connectivity index (χ3n) is 4.46. The van der Waals surface area contributed by atoms with Crippen LogP contribution in [0.25, 0.3) is 11.5 Å². The summed E-state index contributed by atoms with van der Waals surface area (Å²) in [5.41, 5.74) is 0.762. The number of hydrogen-bond acceptors (Lipinski definition) is 6. The van der Waals surface area contributed by atoms with Crippen molar-refractivity contribution in [1.29, 1.82) is 0 Å². The maximum atomic E-state index is 10.3. The third kappa shape index (κ3) is 3.67. The molecule has 1 aromatic carbocycles. The first-order valence-electron chi connectivity index (χ1n) is 8.17. The van der Waals surface area contributed by atoms with Crippen LogP contribution in [0.1, 0.15) is 12.8 Å². The van der Waals surface area contributed by atoms with Crippen LogP contribution in [-0.2, 0) is 6.54 Å². The molecule has 0 saturated heterocycles. The molecule has 1 aliphatic rings. The highest BCUT2D eigenvalue weighted by atomic mass is 35.5. The summed E-state index contributed by atoms with van der Waals surface area (Å²) in [6, 6.07) is 7.44. The Kier molecular flexibility index (Phi) is 4.42. The van der Waals surface area contributed by atoms with Crippen LogP contribution in [-0.4, -0.2) is 37.0 Å². The molecule has 2 N–H and O–H groups in total. The van der Waals surface area contributed by atoms with E-state index in [9.17, 15) is 5.11 Å². The van der Waals surface area contributed by atoms with Crippen LogP contribution in [0.2, 0.25) is 5.02 Å². The van der Waals surface area contributed by atoms with Crippen LogP contribution < -0.4 is 5.32 Å². The first-order chi connectivity index (χ1) is 12.2. The summed E-state index contributed by atoms with van der Waals surface area (Å²) in [4.78, 5) is 4.05. The van der Waals surface area contributed by atoms with Crippen molar-refractivity contribution in [3.8, 4) is 11.5 Å². The van der Waals surface area contributed by atoms with Gasteiger partial charge in [-0.25, -0.2) is 4.98 Å². The van der Waals surface area contributed by atoms with Crippen LogP contribution >= 0.6 is 11.6 Å². The van der Waals surface area contributed by atoms with Gasteiger partial charge in [0.15, 0.2) is 0 Å². The number of anilines is 1. The normalized spacial score (nSPS) is 23.0. The SMILES string of the molecule is O[C@@H]1CC(Cn2ccnc2)C[C@H]1Nc1nnc(-c2cccc(Cl)c2)o1. The number of halogens is 1. The highest BCUT2D eigenvalue weighted by molar-refractivity contribution is 6.30. The van der Waals surface area contributed by atoms with Crippen molar-refractivity contribution in [1.82, 2.24) is 19.7 Å². The van der Waals surface area contributed by atoms with Gasteiger partial charge in [0.05, 0.1) is 18.5 Å². The lowest BCUT2D eigenvalue weighted by molar-refractivity contribution is 0.165. The molecule has 3 aromatic rings. The van der Waals surface area contributed by atoms with Gasteiger partial charge in [-0.05, 0) is 37.0 Å². The van der Waals surface area contributed by atoms with Gasteiger partial charge in [0.25, 0.3) is 0 Å². The topological polar surface area (TPSA) is 89.0 Å². The van der Waals surface area contributed by atoms with Crippen LogP contribution in [0.5, 0.6) is 0 Å². The summed E-state index contributed by atoms with van der Waals surface area (Å²) in [5.74, 6) is 0.768. The quantitative estimate of drug-likeness (QED) is 0.728. The molecule has 7 nitrogen and oxygen atoms in total. The highest BCUT2D eigenvalue weighted by Crippen LogP contribution is 2.30. The van der Waals surface area contributed by atoms with Crippen LogP contribution in [0.4, 0.5) is 6.01 Å². The lowest BCUT2D eigenvalue weighted by Crippen LogP contribution is -2.28. The number of aliphatic hydroxyl groups is 1. The number of aliphatic hydroxyl groups excluding tert-OH is 1. The van der Waals surface area contributed by atoms with Gasteiger partial charge in [0.2, 0.25) is 5.89 Å². The molecular weight excluding hydrogens is 342 g/mol. The summed E-state index contributed by atoms with van der Waals surface area (Å²) in [7, 11) is 0. The zero-order chi connectivity index (χ0) is 17.2. The molecule has 0 aliphatic heterocycles. The lowest BCUT2D eigenvalue weighted by atomic mass is 10.1. The number of nitrogens with zero attached hydrogens (tertiary/aromatic N) is 4. The van der Waals surface area contributed by atoms with E-state index in [1.165, 1.54) is 0 Å². The summed E-state index contributed by atoms with van der Waals surface area (Å²) in [5, 5.41) is 22.1. The smallest absolute Gasteiger partial charge is 0.316 e. The fourth-order valence-electron chi connectivity index (χ4n) is 3.29. The van der Waals surface area contributed by atoms with Crippen LogP contribution in [0, 0.1) is 5.92 Å². The zero-order valence-corrected chi connectivity index (χ0v) is 14.2. The fourth-order valence-corrected chi connectivity index (χ4v) is 3.48. The van der Waals surface area contributed by atoms with E-state index in [2.05, 4.69) is 20.5 Å². The van der Waals surface area contributed by atoms with Gasteiger partial charge in [-0.2, -0.15) is 0 Å². The van der Waals surface area contributed by atoms with E-state index in [0.717, 1.165) is 24.9 Å². The molecule has 0 amide bonds. The summed E-state index contributed by atoms with van der Waals surface area (Å²) >= 11 is 5.99. The third-order valence-corrected chi connectivity index (χ3v) is 4.70. The van der Waals surface area contributed by atoms with Gasteiger partial charge in [0, 0.05) is 29.5 Å². The Morgan fingerprint density at radius 1 is 1.32 bits per heavy atom. The molecule has 0 radical (unpaired) electrons. The van der Waals surface area contributed by atoms with Gasteiger partial charge in [0.1, 0.15) is 0 Å². The number of hydrogen-bond donors (Lipinski definition) is 2. The highest BCUT2D eigenvalue weighted by Gasteiger charge is 2.34. The number of rotatable bonds is 5. The van der Waals surface area contributed by atoms with Gasteiger partial charge in [-0.15, -0.1) is 5.10 Å². The Morgan fingerprint density at radius 3 is 3.04 bits per heavy atom. The number of nitrogens with one attached hydrogen (secondary N) is 1. The number of aromatic nitrogens is 4. The second-order valence-corrected chi connectivity index (χ2v) is 6.77. The maximum absolute atomic E-state index is 10.3. The standard InChI is InChI=1S/C17H18ClN5O2/c18-13-3-1-2-12(8-13)16-21-22-17(25-16)20-14-6-11(7-15(14)24)9-23-5-4-19-10-23/h1-5,8,10-11,14-15,24H,6-7,9H2,(H,20,22)/t11?,14-,15-/m1/s1. The molecule has 0 spiro atoms. The van der Waals surface area contributed by atoms with E-state index < -0.39 is 6.10 Å². The molecule has 4 rings (SSSR count). The van der Waals surface area contributed by atoms with Crippen molar-refractivity contribution < 1.29 is 9.52 Å².